The van der Waals surface area contributed by atoms with Crippen LogP contribution in [0, 0.1) is 6.92 Å². The summed E-state index contributed by atoms with van der Waals surface area (Å²) in [5.41, 5.74) is 2.02. The standard InChI is InChI=1S/C15H16N2O3/c1-10-14(15(19)20)12(9-16-10)17-13(18)8-7-11-5-3-2-4-6-11/h2-6,9,16H,7-8H2,1H3,(H,17,18)(H,19,20). The van der Waals surface area contributed by atoms with E-state index in [0.717, 1.165) is 5.56 Å². The van der Waals surface area contributed by atoms with Gasteiger partial charge in [-0.25, -0.2) is 4.79 Å². The number of hydrogen-bond donors (Lipinski definition) is 3. The van der Waals surface area contributed by atoms with Crippen molar-refractivity contribution in [3.8, 4) is 0 Å². The molecule has 1 aromatic carbocycles. The van der Waals surface area contributed by atoms with Gasteiger partial charge in [0.15, 0.2) is 0 Å². The van der Waals surface area contributed by atoms with E-state index in [1.807, 2.05) is 30.3 Å². The summed E-state index contributed by atoms with van der Waals surface area (Å²) in [5.74, 6) is -1.25. The number of H-pyrrole nitrogens is 1. The molecule has 0 saturated heterocycles. The smallest absolute Gasteiger partial charge is 0.339 e. The summed E-state index contributed by atoms with van der Waals surface area (Å²) in [6.45, 7) is 1.66. The van der Waals surface area contributed by atoms with Gasteiger partial charge in [-0.05, 0) is 18.9 Å². The molecule has 5 nitrogen and oxygen atoms in total. The Morgan fingerprint density at radius 2 is 1.95 bits per heavy atom. The first-order chi connectivity index (χ1) is 9.58. The Bertz CT molecular complexity index is 617. The molecule has 1 heterocycles. The van der Waals surface area contributed by atoms with Gasteiger partial charge in [-0.2, -0.15) is 0 Å². The Labute approximate surface area is 116 Å². The summed E-state index contributed by atoms with van der Waals surface area (Å²) in [4.78, 5) is 25.7. The van der Waals surface area contributed by atoms with Gasteiger partial charge in [-0.1, -0.05) is 30.3 Å². The molecule has 2 aromatic rings. The molecule has 3 N–H and O–H groups in total. The maximum absolute atomic E-state index is 11.9. The third-order valence-electron chi connectivity index (χ3n) is 3.05. The Balaban J connectivity index is 1.97. The molecule has 0 aliphatic carbocycles. The minimum absolute atomic E-state index is 0.109. The number of carbonyl (C=O) groups is 2. The van der Waals surface area contributed by atoms with Crippen molar-refractivity contribution in [1.82, 2.24) is 4.98 Å². The molecule has 104 valence electrons. The van der Waals surface area contributed by atoms with Crippen LogP contribution in [0.25, 0.3) is 0 Å². The molecular formula is C15H16N2O3. The SMILES string of the molecule is Cc1[nH]cc(NC(=O)CCc2ccccc2)c1C(=O)O. The van der Waals surface area contributed by atoms with Gasteiger partial charge in [-0.15, -0.1) is 0 Å². The maximum atomic E-state index is 11.9. The van der Waals surface area contributed by atoms with Crippen LogP contribution in [0.3, 0.4) is 0 Å². The van der Waals surface area contributed by atoms with Crippen LogP contribution in [-0.2, 0) is 11.2 Å². The third kappa shape index (κ3) is 3.26. The molecule has 0 aliphatic heterocycles. The molecule has 0 radical (unpaired) electrons. The van der Waals surface area contributed by atoms with E-state index < -0.39 is 5.97 Å². The van der Waals surface area contributed by atoms with Crippen molar-refractivity contribution < 1.29 is 14.7 Å². The lowest BCUT2D eigenvalue weighted by molar-refractivity contribution is -0.116. The van der Waals surface area contributed by atoms with E-state index in [1.165, 1.54) is 6.20 Å². The number of carboxylic acids is 1. The molecule has 1 amide bonds. The average Bonchev–Trinajstić information content (AvgIpc) is 2.78. The Kier molecular flexibility index (Phi) is 4.20. The number of benzene rings is 1. The lowest BCUT2D eigenvalue weighted by Crippen LogP contribution is -2.14. The lowest BCUT2D eigenvalue weighted by Gasteiger charge is -2.05. The minimum Gasteiger partial charge on any atom is -0.478 e. The summed E-state index contributed by atoms with van der Waals surface area (Å²) in [6, 6.07) is 9.68. The van der Waals surface area contributed by atoms with Gasteiger partial charge < -0.3 is 15.4 Å². The molecule has 0 unspecified atom stereocenters. The predicted molar refractivity (Wildman–Crippen MR) is 75.9 cm³/mol. The van der Waals surface area contributed by atoms with Crippen molar-refractivity contribution in [2.75, 3.05) is 5.32 Å². The highest BCUT2D eigenvalue weighted by Crippen LogP contribution is 2.19. The molecule has 0 fully saturated rings. The Morgan fingerprint density at radius 1 is 1.25 bits per heavy atom. The zero-order valence-corrected chi connectivity index (χ0v) is 11.1. The van der Waals surface area contributed by atoms with Crippen LogP contribution in [-0.4, -0.2) is 22.0 Å². The van der Waals surface area contributed by atoms with Crippen LogP contribution in [0.15, 0.2) is 36.5 Å². The van der Waals surface area contributed by atoms with Gasteiger partial charge in [0.1, 0.15) is 5.56 Å². The number of rotatable bonds is 5. The zero-order valence-electron chi connectivity index (χ0n) is 11.1. The van der Waals surface area contributed by atoms with Crippen LogP contribution in [0.1, 0.15) is 28.0 Å². The molecular weight excluding hydrogens is 256 g/mol. The summed E-state index contributed by atoms with van der Waals surface area (Å²) in [7, 11) is 0. The molecule has 0 bridgehead atoms. The molecule has 0 spiro atoms. The maximum Gasteiger partial charge on any atom is 0.339 e. The predicted octanol–water partition coefficient (Wildman–Crippen LogP) is 2.59. The second-order valence-electron chi connectivity index (χ2n) is 4.54. The van der Waals surface area contributed by atoms with E-state index in [1.54, 1.807) is 6.92 Å². The van der Waals surface area contributed by atoms with Gasteiger partial charge in [0, 0.05) is 18.3 Å². The fourth-order valence-corrected chi connectivity index (χ4v) is 2.02. The van der Waals surface area contributed by atoms with Crippen molar-refractivity contribution in [3.05, 3.63) is 53.3 Å². The number of anilines is 1. The molecule has 0 saturated carbocycles. The molecule has 20 heavy (non-hydrogen) atoms. The first-order valence-corrected chi connectivity index (χ1v) is 6.33. The molecule has 0 aliphatic rings. The van der Waals surface area contributed by atoms with Crippen LogP contribution in [0.5, 0.6) is 0 Å². The number of hydrogen-bond acceptors (Lipinski definition) is 2. The highest BCUT2D eigenvalue weighted by Gasteiger charge is 2.16. The first kappa shape index (κ1) is 13.9. The molecule has 2 rings (SSSR count). The topological polar surface area (TPSA) is 82.2 Å². The van der Waals surface area contributed by atoms with Gasteiger partial charge in [-0.3, -0.25) is 4.79 Å². The van der Waals surface area contributed by atoms with E-state index in [-0.39, 0.29) is 11.5 Å². The summed E-state index contributed by atoms with van der Waals surface area (Å²) < 4.78 is 0. The second-order valence-corrected chi connectivity index (χ2v) is 4.54. The number of amides is 1. The Morgan fingerprint density at radius 3 is 2.60 bits per heavy atom. The molecule has 1 aromatic heterocycles. The van der Waals surface area contributed by atoms with Crippen LogP contribution in [0.2, 0.25) is 0 Å². The number of aromatic amines is 1. The average molecular weight is 272 g/mol. The van der Waals surface area contributed by atoms with Crippen LogP contribution >= 0.6 is 0 Å². The number of carbonyl (C=O) groups excluding carboxylic acids is 1. The number of aromatic carboxylic acids is 1. The summed E-state index contributed by atoms with van der Waals surface area (Å²) >= 11 is 0. The van der Waals surface area contributed by atoms with E-state index in [4.69, 9.17) is 5.11 Å². The number of aromatic nitrogens is 1. The molecule has 5 heteroatoms. The molecule has 0 atom stereocenters. The lowest BCUT2D eigenvalue weighted by atomic mass is 10.1. The van der Waals surface area contributed by atoms with Crippen molar-refractivity contribution in [3.63, 3.8) is 0 Å². The highest BCUT2D eigenvalue weighted by molar-refractivity contribution is 6.01. The normalized spacial score (nSPS) is 10.2. The van der Waals surface area contributed by atoms with Gasteiger partial charge in [0.25, 0.3) is 0 Å². The van der Waals surface area contributed by atoms with Gasteiger partial charge in [0.2, 0.25) is 5.91 Å². The highest BCUT2D eigenvalue weighted by atomic mass is 16.4. The fraction of sp³-hybridized carbons (Fsp3) is 0.200. The fourth-order valence-electron chi connectivity index (χ4n) is 2.02. The quantitative estimate of drug-likeness (QED) is 0.782. The van der Waals surface area contributed by atoms with Crippen molar-refractivity contribution >= 4 is 17.6 Å². The summed E-state index contributed by atoms with van der Waals surface area (Å²) in [5, 5.41) is 11.7. The van der Waals surface area contributed by atoms with Gasteiger partial charge >= 0.3 is 5.97 Å². The van der Waals surface area contributed by atoms with E-state index in [9.17, 15) is 9.59 Å². The largest absolute Gasteiger partial charge is 0.478 e. The third-order valence-corrected chi connectivity index (χ3v) is 3.05. The van der Waals surface area contributed by atoms with Crippen LogP contribution in [0.4, 0.5) is 5.69 Å². The zero-order chi connectivity index (χ0) is 14.5. The van der Waals surface area contributed by atoms with Crippen molar-refractivity contribution in [2.24, 2.45) is 0 Å². The number of carboxylic acid groups (broad SMARTS) is 1. The van der Waals surface area contributed by atoms with E-state index >= 15 is 0 Å². The van der Waals surface area contributed by atoms with E-state index in [2.05, 4.69) is 10.3 Å². The number of aryl methyl sites for hydroxylation is 2. The second kappa shape index (κ2) is 6.06. The number of nitrogens with one attached hydrogen (secondary N) is 2. The first-order valence-electron chi connectivity index (χ1n) is 6.33. The minimum atomic E-state index is -1.05. The Hall–Kier alpha value is -2.56. The van der Waals surface area contributed by atoms with Crippen molar-refractivity contribution in [2.45, 2.75) is 19.8 Å². The van der Waals surface area contributed by atoms with Crippen molar-refractivity contribution in [1.29, 1.82) is 0 Å². The monoisotopic (exact) mass is 272 g/mol. The summed E-state index contributed by atoms with van der Waals surface area (Å²) in [6.07, 6.45) is 2.44. The van der Waals surface area contributed by atoms with E-state index in [0.29, 0.717) is 24.2 Å². The van der Waals surface area contributed by atoms with Crippen LogP contribution < -0.4 is 5.32 Å². The van der Waals surface area contributed by atoms with Gasteiger partial charge in [0.05, 0.1) is 5.69 Å².